The molecule has 0 atom stereocenters. The van der Waals surface area contributed by atoms with Gasteiger partial charge in [0.25, 0.3) is 11.6 Å². The summed E-state index contributed by atoms with van der Waals surface area (Å²) in [6.45, 7) is 5.47. The monoisotopic (exact) mass is 570 g/mol. The number of rotatable bonds is 4. The maximum absolute atomic E-state index is 13.9. The summed E-state index contributed by atoms with van der Waals surface area (Å²) in [5, 5.41) is 11.3. The predicted molar refractivity (Wildman–Crippen MR) is 151 cm³/mol. The number of esters is 2. The van der Waals surface area contributed by atoms with Crippen molar-refractivity contribution in [2.75, 3.05) is 19.1 Å². The topological polar surface area (TPSA) is 116 Å². The lowest BCUT2D eigenvalue weighted by Crippen LogP contribution is -2.56. The van der Waals surface area contributed by atoms with Crippen molar-refractivity contribution in [1.82, 2.24) is 0 Å². The van der Waals surface area contributed by atoms with Crippen LogP contribution in [-0.4, -0.2) is 47.4 Å². The molecule has 0 N–H and O–H groups in total. The molecule has 1 amide bonds. The number of carbonyl (C=O) groups is 3. The maximum Gasteiger partial charge on any atom is 0.346 e. The zero-order valence-electron chi connectivity index (χ0n) is 21.0. The number of fused-ring (bicyclic) bond motifs is 1. The van der Waals surface area contributed by atoms with E-state index in [4.69, 9.17) is 21.7 Å². The predicted octanol–water partition coefficient (Wildman–Crippen LogP) is 5.42. The molecular weight excluding hydrogens is 548 g/mol. The van der Waals surface area contributed by atoms with E-state index in [0.29, 0.717) is 25.9 Å². The molecule has 2 aromatic carbocycles. The number of benzene rings is 2. The van der Waals surface area contributed by atoms with Gasteiger partial charge in [0.15, 0.2) is 0 Å². The average molecular weight is 571 g/mol. The molecule has 2 aliphatic rings. The lowest BCUT2D eigenvalue weighted by Gasteiger charge is -2.45. The summed E-state index contributed by atoms with van der Waals surface area (Å²) in [4.78, 5) is 51.7. The van der Waals surface area contributed by atoms with Crippen LogP contribution < -0.4 is 4.90 Å². The molecule has 0 spiro atoms. The van der Waals surface area contributed by atoms with Gasteiger partial charge in [-0.05, 0) is 39.0 Å². The van der Waals surface area contributed by atoms with Crippen LogP contribution in [-0.2, 0) is 19.1 Å². The first-order valence-corrected chi connectivity index (χ1v) is 13.2. The zero-order chi connectivity index (χ0) is 27.9. The molecule has 196 valence electrons. The molecule has 0 fully saturated rings. The third-order valence-corrected chi connectivity index (χ3v) is 9.31. The Bertz CT molecular complexity index is 1460. The second kappa shape index (κ2) is 10.4. The molecule has 0 saturated heterocycles. The van der Waals surface area contributed by atoms with Crippen molar-refractivity contribution in [2.45, 2.75) is 26.3 Å². The SMILES string of the molecule is COC(=O)C1=C(C(=O)OC)SC(=C2C(=S)C(C)(C)N(C(=O)c3cccc([N+](=O)[O-])c3)c3ccc(C)cc32)S1. The molecule has 2 aliphatic heterocycles. The number of nitrogens with zero attached hydrogens (tertiary/aromatic N) is 2. The van der Waals surface area contributed by atoms with Gasteiger partial charge in [0, 0.05) is 28.8 Å². The number of hydrogen-bond acceptors (Lipinski definition) is 10. The number of nitro groups is 1. The van der Waals surface area contributed by atoms with Crippen LogP contribution in [0, 0.1) is 17.0 Å². The van der Waals surface area contributed by atoms with Gasteiger partial charge in [-0.3, -0.25) is 19.8 Å². The lowest BCUT2D eigenvalue weighted by molar-refractivity contribution is -0.384. The van der Waals surface area contributed by atoms with Crippen molar-refractivity contribution < 1.29 is 28.8 Å². The van der Waals surface area contributed by atoms with E-state index in [9.17, 15) is 24.5 Å². The van der Waals surface area contributed by atoms with E-state index in [1.165, 1.54) is 43.4 Å². The van der Waals surface area contributed by atoms with Crippen LogP contribution >= 0.6 is 35.7 Å². The largest absolute Gasteiger partial charge is 0.465 e. The Labute approximate surface area is 232 Å². The molecule has 0 aromatic heterocycles. The van der Waals surface area contributed by atoms with Crippen LogP contribution in [0.2, 0.25) is 0 Å². The van der Waals surface area contributed by atoms with Crippen molar-refractivity contribution in [2.24, 2.45) is 0 Å². The van der Waals surface area contributed by atoms with Gasteiger partial charge in [-0.15, -0.1) is 0 Å². The number of ether oxygens (including phenoxy) is 2. The number of anilines is 1. The highest BCUT2D eigenvalue weighted by Gasteiger charge is 2.46. The van der Waals surface area contributed by atoms with E-state index in [1.54, 1.807) is 19.9 Å². The molecule has 12 heteroatoms. The van der Waals surface area contributed by atoms with Crippen molar-refractivity contribution in [3.05, 3.63) is 83.3 Å². The third-order valence-electron chi connectivity index (χ3n) is 6.05. The Morgan fingerprint density at radius 3 is 2.16 bits per heavy atom. The minimum Gasteiger partial charge on any atom is -0.465 e. The highest BCUT2D eigenvalue weighted by molar-refractivity contribution is 8.29. The van der Waals surface area contributed by atoms with Crippen LogP contribution in [0.3, 0.4) is 0 Å². The number of hydrogen-bond donors (Lipinski definition) is 0. The normalized spacial score (nSPS) is 16.3. The van der Waals surface area contributed by atoms with Crippen molar-refractivity contribution in [1.29, 1.82) is 0 Å². The van der Waals surface area contributed by atoms with E-state index in [0.717, 1.165) is 29.1 Å². The first kappa shape index (κ1) is 27.6. The molecule has 0 saturated carbocycles. The van der Waals surface area contributed by atoms with Gasteiger partial charge >= 0.3 is 11.9 Å². The smallest absolute Gasteiger partial charge is 0.346 e. The Kier molecular flexibility index (Phi) is 7.51. The van der Waals surface area contributed by atoms with E-state index in [-0.39, 0.29) is 21.1 Å². The maximum atomic E-state index is 13.9. The molecule has 0 unspecified atom stereocenters. The molecule has 0 aliphatic carbocycles. The standard InChI is InChI=1S/C26H22N2O7S3/c1-13-9-10-17-16(11-13)18(25-37-19(23(30)34-4)20(38-25)24(31)35-5)21(36)26(2,3)27(17)22(29)14-7-6-8-15(12-14)28(32)33/h6-12H,1-5H3. The Hall–Kier alpha value is -3.48. The molecule has 2 heterocycles. The number of methoxy groups -OCH3 is 2. The number of non-ortho nitro benzene ring substituents is 1. The van der Waals surface area contributed by atoms with E-state index < -0.39 is 28.3 Å². The molecule has 9 nitrogen and oxygen atoms in total. The number of aryl methyl sites for hydroxylation is 1. The Balaban J connectivity index is 1.91. The highest BCUT2D eigenvalue weighted by Crippen LogP contribution is 2.56. The van der Waals surface area contributed by atoms with Gasteiger partial charge in [-0.1, -0.05) is 53.4 Å². The van der Waals surface area contributed by atoms with E-state index in [2.05, 4.69) is 0 Å². The summed E-state index contributed by atoms with van der Waals surface area (Å²) < 4.78 is 10.3. The minimum atomic E-state index is -1.05. The van der Waals surface area contributed by atoms with E-state index in [1.807, 2.05) is 19.1 Å². The number of thioether (sulfide) groups is 2. The summed E-state index contributed by atoms with van der Waals surface area (Å²) in [6.07, 6.45) is 0. The number of nitro benzene ring substituents is 1. The Morgan fingerprint density at radius 2 is 1.61 bits per heavy atom. The van der Waals surface area contributed by atoms with Crippen LogP contribution in [0.25, 0.3) is 5.57 Å². The first-order valence-electron chi connectivity index (χ1n) is 11.2. The van der Waals surface area contributed by atoms with Gasteiger partial charge in [0.05, 0.1) is 39.5 Å². The Morgan fingerprint density at radius 1 is 1.00 bits per heavy atom. The molecule has 2 aromatic rings. The van der Waals surface area contributed by atoms with Crippen LogP contribution in [0.4, 0.5) is 11.4 Å². The molecule has 4 rings (SSSR count). The quantitative estimate of drug-likeness (QED) is 0.155. The fourth-order valence-electron chi connectivity index (χ4n) is 4.18. The van der Waals surface area contributed by atoms with Gasteiger partial charge in [-0.25, -0.2) is 9.59 Å². The summed E-state index contributed by atoms with van der Waals surface area (Å²) >= 11 is 8.10. The first-order chi connectivity index (χ1) is 17.9. The fraction of sp³-hybridized carbons (Fsp3) is 0.231. The molecule has 0 bridgehead atoms. The molecule has 38 heavy (non-hydrogen) atoms. The molecular formula is C26H22N2O7S3. The zero-order valence-corrected chi connectivity index (χ0v) is 23.5. The average Bonchev–Trinajstić information content (AvgIpc) is 3.33. The van der Waals surface area contributed by atoms with Crippen LogP contribution in [0.5, 0.6) is 0 Å². The second-order valence-corrected chi connectivity index (χ2v) is 11.6. The molecule has 0 radical (unpaired) electrons. The van der Waals surface area contributed by atoms with Gasteiger partial charge in [0.1, 0.15) is 9.81 Å². The minimum absolute atomic E-state index is 0.0942. The number of amides is 1. The highest BCUT2D eigenvalue weighted by atomic mass is 32.2. The summed E-state index contributed by atoms with van der Waals surface area (Å²) in [5.74, 6) is -1.80. The summed E-state index contributed by atoms with van der Waals surface area (Å²) in [7, 11) is 2.45. The second-order valence-electron chi connectivity index (χ2n) is 8.86. The summed E-state index contributed by atoms with van der Waals surface area (Å²) in [6, 6.07) is 11.1. The van der Waals surface area contributed by atoms with Gasteiger partial charge in [-0.2, -0.15) is 0 Å². The van der Waals surface area contributed by atoms with Gasteiger partial charge in [0.2, 0.25) is 0 Å². The van der Waals surface area contributed by atoms with E-state index >= 15 is 0 Å². The number of thiocarbonyl (C=S) groups is 1. The van der Waals surface area contributed by atoms with Crippen molar-refractivity contribution >= 4 is 75.4 Å². The van der Waals surface area contributed by atoms with Crippen molar-refractivity contribution in [3.8, 4) is 0 Å². The van der Waals surface area contributed by atoms with Crippen molar-refractivity contribution in [3.63, 3.8) is 0 Å². The van der Waals surface area contributed by atoms with Crippen LogP contribution in [0.15, 0.2) is 56.5 Å². The summed E-state index contributed by atoms with van der Waals surface area (Å²) in [5.41, 5.74) is 1.58. The van der Waals surface area contributed by atoms with Gasteiger partial charge < -0.3 is 9.47 Å². The lowest BCUT2D eigenvalue weighted by atomic mass is 9.82. The third kappa shape index (κ3) is 4.63. The van der Waals surface area contributed by atoms with Crippen LogP contribution in [0.1, 0.15) is 35.3 Å². The fourth-order valence-corrected chi connectivity index (χ4v) is 7.21. The number of carbonyl (C=O) groups excluding carboxylic acids is 3.